The minimum absolute atomic E-state index is 0.0983. The van der Waals surface area contributed by atoms with Crippen LogP contribution >= 0.6 is 11.8 Å². The lowest BCUT2D eigenvalue weighted by Gasteiger charge is -2.47. The zero-order valence-electron chi connectivity index (χ0n) is 12.4. The van der Waals surface area contributed by atoms with Crippen LogP contribution in [0.1, 0.15) is 11.1 Å². The highest BCUT2D eigenvalue weighted by Crippen LogP contribution is 2.39. The highest BCUT2D eigenvalue weighted by molar-refractivity contribution is 8.00. The summed E-state index contributed by atoms with van der Waals surface area (Å²) in [5.41, 5.74) is 8.91. The maximum absolute atomic E-state index is 11.9. The molecule has 2 atom stereocenters. The number of hydrogen-bond acceptors (Lipinski definition) is 4. The Balaban J connectivity index is 1.94. The topological polar surface area (TPSA) is 87.5 Å². The van der Waals surface area contributed by atoms with Crippen LogP contribution in [0.2, 0.25) is 0 Å². The second-order valence-electron chi connectivity index (χ2n) is 5.68. The molecule has 1 saturated heterocycles. The van der Waals surface area contributed by atoms with Gasteiger partial charge in [0.15, 0.2) is 18.9 Å². The van der Waals surface area contributed by atoms with E-state index in [1.807, 2.05) is 36.9 Å². The van der Waals surface area contributed by atoms with Gasteiger partial charge >= 0.3 is 5.97 Å². The Morgan fingerprint density at radius 2 is 2.23 bits per heavy atom. The third-order valence-electron chi connectivity index (χ3n) is 4.16. The summed E-state index contributed by atoms with van der Waals surface area (Å²) >= 11 is 1.53. The van der Waals surface area contributed by atoms with Gasteiger partial charge in [0.1, 0.15) is 17.1 Å². The summed E-state index contributed by atoms with van der Waals surface area (Å²) in [5, 5.41) is 9.26. The lowest BCUT2D eigenvalue weighted by Crippen LogP contribution is -2.68. The number of amides is 1. The molecule has 3 rings (SSSR count). The van der Waals surface area contributed by atoms with Crippen molar-refractivity contribution in [3.8, 4) is 0 Å². The number of nitrogens with two attached hydrogens (primary N) is 1. The molecule has 0 radical (unpaired) electrons. The Labute approximate surface area is 132 Å². The van der Waals surface area contributed by atoms with E-state index in [0.29, 0.717) is 12.3 Å². The molecule has 2 unspecified atom stereocenters. The molecule has 1 aromatic rings. The first kappa shape index (κ1) is 15.1. The summed E-state index contributed by atoms with van der Waals surface area (Å²) in [6.07, 6.45) is 3.91. The van der Waals surface area contributed by atoms with Gasteiger partial charge in [0.2, 0.25) is 5.91 Å². The van der Waals surface area contributed by atoms with E-state index in [1.54, 1.807) is 0 Å². The lowest BCUT2D eigenvalue weighted by molar-refractivity contribution is -0.689. The van der Waals surface area contributed by atoms with E-state index < -0.39 is 12.0 Å². The quantitative estimate of drug-likeness (QED) is 0.612. The molecule has 0 bridgehead atoms. The summed E-state index contributed by atoms with van der Waals surface area (Å²) in [5.74, 6) is -0.800. The fourth-order valence-electron chi connectivity index (χ4n) is 2.75. The molecule has 0 aliphatic carbocycles. The first-order valence-electron chi connectivity index (χ1n) is 7.02. The number of aromatic nitrogens is 1. The Bertz CT molecular complexity index is 701. The number of aliphatic carboxylic acids is 1. The van der Waals surface area contributed by atoms with Crippen LogP contribution in [0.4, 0.5) is 0 Å². The third kappa shape index (κ3) is 2.30. The molecule has 22 heavy (non-hydrogen) atoms. The predicted octanol–water partition coefficient (Wildman–Crippen LogP) is 0.172. The molecule has 2 aliphatic rings. The first-order valence-corrected chi connectivity index (χ1v) is 8.07. The van der Waals surface area contributed by atoms with Crippen LogP contribution < -0.4 is 10.3 Å². The highest BCUT2D eigenvalue weighted by atomic mass is 32.2. The van der Waals surface area contributed by atoms with E-state index in [4.69, 9.17) is 5.73 Å². The Morgan fingerprint density at radius 1 is 1.50 bits per heavy atom. The van der Waals surface area contributed by atoms with E-state index in [9.17, 15) is 14.7 Å². The van der Waals surface area contributed by atoms with Crippen LogP contribution in [0.5, 0.6) is 0 Å². The van der Waals surface area contributed by atoms with Gasteiger partial charge in [-0.2, -0.15) is 0 Å². The average molecular weight is 320 g/mol. The zero-order valence-corrected chi connectivity index (χ0v) is 13.3. The summed E-state index contributed by atoms with van der Waals surface area (Å²) in [6, 6.07) is 1.41. The van der Waals surface area contributed by atoms with Crippen LogP contribution in [-0.2, 0) is 16.1 Å². The number of thioether (sulfide) groups is 1. The van der Waals surface area contributed by atoms with Crippen molar-refractivity contribution in [1.82, 2.24) is 4.90 Å². The van der Waals surface area contributed by atoms with Crippen molar-refractivity contribution in [1.29, 1.82) is 0 Å². The Kier molecular flexibility index (Phi) is 3.70. The molecule has 0 aromatic carbocycles. The normalized spacial score (nSPS) is 24.1. The number of nitrogens with zero attached hydrogens (tertiary/aromatic N) is 2. The molecule has 1 fully saturated rings. The molecule has 0 spiro atoms. The smallest absolute Gasteiger partial charge is 0.352 e. The number of carboxylic acids is 1. The van der Waals surface area contributed by atoms with Gasteiger partial charge in [-0.05, 0) is 19.4 Å². The van der Waals surface area contributed by atoms with Crippen molar-refractivity contribution in [3.05, 3.63) is 40.9 Å². The van der Waals surface area contributed by atoms with E-state index in [1.165, 1.54) is 22.2 Å². The van der Waals surface area contributed by atoms with E-state index in [2.05, 4.69) is 0 Å². The maximum Gasteiger partial charge on any atom is 0.352 e. The first-order chi connectivity index (χ1) is 10.4. The predicted molar refractivity (Wildman–Crippen MR) is 81.8 cm³/mol. The van der Waals surface area contributed by atoms with Crippen molar-refractivity contribution in [2.24, 2.45) is 5.73 Å². The molecule has 116 valence electrons. The molecule has 0 saturated carbocycles. The minimum Gasteiger partial charge on any atom is -0.477 e. The van der Waals surface area contributed by atoms with Gasteiger partial charge in [-0.25, -0.2) is 9.36 Å². The number of pyridine rings is 1. The van der Waals surface area contributed by atoms with Gasteiger partial charge in [-0.15, -0.1) is 11.8 Å². The molecule has 3 heterocycles. The van der Waals surface area contributed by atoms with Crippen LogP contribution in [-0.4, -0.2) is 39.1 Å². The van der Waals surface area contributed by atoms with Crippen molar-refractivity contribution >= 4 is 23.6 Å². The lowest BCUT2D eigenvalue weighted by atomic mass is 10.0. The van der Waals surface area contributed by atoms with E-state index >= 15 is 0 Å². The minimum atomic E-state index is -1.06. The molecule has 1 amide bonds. The monoisotopic (exact) mass is 320 g/mol. The average Bonchev–Trinajstić information content (AvgIpc) is 2.49. The number of carboxylic acid groups (broad SMARTS) is 1. The number of carbonyl (C=O) groups is 2. The van der Waals surface area contributed by atoms with Gasteiger partial charge in [0.25, 0.3) is 0 Å². The summed E-state index contributed by atoms with van der Waals surface area (Å²) in [4.78, 5) is 24.8. The zero-order chi connectivity index (χ0) is 16.0. The number of carbonyl (C=O) groups excluding carboxylic acids is 1. The number of fused-ring (bicyclic) bond motifs is 1. The van der Waals surface area contributed by atoms with Crippen molar-refractivity contribution in [2.45, 2.75) is 31.8 Å². The molecule has 1 aromatic heterocycles. The van der Waals surface area contributed by atoms with Crippen LogP contribution in [0.25, 0.3) is 0 Å². The van der Waals surface area contributed by atoms with Crippen molar-refractivity contribution in [2.75, 3.05) is 5.75 Å². The summed E-state index contributed by atoms with van der Waals surface area (Å²) < 4.78 is 1.95. The maximum atomic E-state index is 11.9. The SMILES string of the molecule is Cc1cc[n+](CC2=C(C(=O)O)N3C(=O)C(N)C3SC2)cc1C. The fraction of sp³-hybridized carbons (Fsp3) is 0.400. The number of aryl methyl sites for hydroxylation is 2. The third-order valence-corrected chi connectivity index (χ3v) is 5.52. The van der Waals surface area contributed by atoms with Crippen molar-refractivity contribution in [3.63, 3.8) is 0 Å². The summed E-state index contributed by atoms with van der Waals surface area (Å²) in [6.45, 7) is 4.51. The molecular formula is C15H18N3O3S+. The molecular weight excluding hydrogens is 302 g/mol. The standard InChI is InChI=1S/C15H17N3O3S/c1-8-3-4-17(5-9(8)2)6-10-7-22-14-11(16)13(19)18(14)12(10)15(20)21/h3-5,11,14H,6-7,16H2,1-2H3/p+1. The van der Waals surface area contributed by atoms with Gasteiger partial charge in [-0.1, -0.05) is 0 Å². The van der Waals surface area contributed by atoms with Crippen LogP contribution in [0.15, 0.2) is 29.7 Å². The highest BCUT2D eigenvalue weighted by Gasteiger charge is 2.52. The number of β-lactam (4-membered cyclic amide) rings is 1. The van der Waals surface area contributed by atoms with E-state index in [-0.39, 0.29) is 17.0 Å². The largest absolute Gasteiger partial charge is 0.477 e. The van der Waals surface area contributed by atoms with Gasteiger partial charge in [-0.3, -0.25) is 9.69 Å². The molecule has 7 heteroatoms. The molecule has 6 nitrogen and oxygen atoms in total. The summed E-state index contributed by atoms with van der Waals surface area (Å²) in [7, 11) is 0. The Hall–Kier alpha value is -1.86. The van der Waals surface area contributed by atoms with Gasteiger partial charge < -0.3 is 10.8 Å². The van der Waals surface area contributed by atoms with E-state index in [0.717, 1.165) is 11.1 Å². The number of hydrogen-bond donors (Lipinski definition) is 2. The van der Waals surface area contributed by atoms with Gasteiger partial charge in [0, 0.05) is 23.0 Å². The molecule has 2 aliphatic heterocycles. The Morgan fingerprint density at radius 3 is 2.86 bits per heavy atom. The van der Waals surface area contributed by atoms with Crippen LogP contribution in [0.3, 0.4) is 0 Å². The second kappa shape index (κ2) is 5.40. The fourth-order valence-corrected chi connectivity index (χ4v) is 4.03. The van der Waals surface area contributed by atoms with Gasteiger partial charge in [0.05, 0.1) is 0 Å². The molecule has 3 N–H and O–H groups in total. The number of rotatable bonds is 3. The second-order valence-corrected chi connectivity index (χ2v) is 6.78. The van der Waals surface area contributed by atoms with Crippen molar-refractivity contribution < 1.29 is 19.3 Å². The van der Waals surface area contributed by atoms with Crippen LogP contribution in [0, 0.1) is 13.8 Å².